The van der Waals surface area contributed by atoms with E-state index in [1.807, 2.05) is 31.2 Å². The van der Waals surface area contributed by atoms with E-state index in [-0.39, 0.29) is 11.6 Å². The Morgan fingerprint density at radius 3 is 2.57 bits per heavy atom. The van der Waals surface area contributed by atoms with Crippen molar-refractivity contribution >= 4 is 10.8 Å². The molecule has 0 spiro atoms. The summed E-state index contributed by atoms with van der Waals surface area (Å²) in [6, 6.07) is 15.6. The van der Waals surface area contributed by atoms with Gasteiger partial charge in [-0.05, 0) is 65.2 Å². The molecular formula is C18H15FO2. The van der Waals surface area contributed by atoms with E-state index in [1.165, 1.54) is 12.1 Å². The van der Waals surface area contributed by atoms with Crippen LogP contribution >= 0.6 is 0 Å². The van der Waals surface area contributed by atoms with Gasteiger partial charge in [0.05, 0.1) is 0 Å². The Bertz CT molecular complexity index is 796. The summed E-state index contributed by atoms with van der Waals surface area (Å²) < 4.78 is 18.8. The third-order valence-electron chi connectivity index (χ3n) is 3.49. The number of hydrogen-bond donors (Lipinski definition) is 1. The number of aryl methyl sites for hydroxylation is 1. The van der Waals surface area contributed by atoms with E-state index in [1.54, 1.807) is 18.2 Å². The maximum absolute atomic E-state index is 13.1. The van der Waals surface area contributed by atoms with Gasteiger partial charge in [0, 0.05) is 0 Å². The fourth-order valence-corrected chi connectivity index (χ4v) is 2.28. The normalized spacial score (nSPS) is 10.8. The number of benzene rings is 3. The van der Waals surface area contributed by atoms with Crippen LogP contribution in [0.3, 0.4) is 0 Å². The summed E-state index contributed by atoms with van der Waals surface area (Å²) in [4.78, 5) is 0. The highest BCUT2D eigenvalue weighted by Gasteiger charge is 2.03. The first-order valence-corrected chi connectivity index (χ1v) is 6.72. The van der Waals surface area contributed by atoms with Crippen LogP contribution in [0.4, 0.5) is 4.39 Å². The zero-order chi connectivity index (χ0) is 14.8. The van der Waals surface area contributed by atoms with E-state index in [9.17, 15) is 9.50 Å². The molecule has 0 saturated heterocycles. The number of rotatable bonds is 3. The lowest BCUT2D eigenvalue weighted by Gasteiger charge is -2.10. The topological polar surface area (TPSA) is 29.5 Å². The summed E-state index contributed by atoms with van der Waals surface area (Å²) in [6.07, 6.45) is 0. The quantitative estimate of drug-likeness (QED) is 0.762. The second kappa shape index (κ2) is 5.44. The minimum absolute atomic E-state index is 0.231. The van der Waals surface area contributed by atoms with Crippen LogP contribution in [0.2, 0.25) is 0 Å². The largest absolute Gasteiger partial charge is 0.508 e. The Morgan fingerprint density at radius 1 is 0.952 bits per heavy atom. The van der Waals surface area contributed by atoms with Crippen molar-refractivity contribution in [1.82, 2.24) is 0 Å². The third-order valence-corrected chi connectivity index (χ3v) is 3.49. The molecule has 0 amide bonds. The molecule has 2 nitrogen and oxygen atoms in total. The molecule has 0 unspecified atom stereocenters. The highest BCUT2D eigenvalue weighted by Crippen LogP contribution is 2.25. The average Bonchev–Trinajstić information content (AvgIpc) is 2.46. The summed E-state index contributed by atoms with van der Waals surface area (Å²) in [6.45, 7) is 2.25. The second-order valence-corrected chi connectivity index (χ2v) is 5.05. The molecule has 0 atom stereocenters. The van der Waals surface area contributed by atoms with Crippen molar-refractivity contribution in [3.8, 4) is 11.5 Å². The monoisotopic (exact) mass is 282 g/mol. The van der Waals surface area contributed by atoms with Gasteiger partial charge in [-0.2, -0.15) is 0 Å². The van der Waals surface area contributed by atoms with Crippen LogP contribution in [0.5, 0.6) is 11.5 Å². The fourth-order valence-electron chi connectivity index (χ4n) is 2.28. The number of hydrogen-bond acceptors (Lipinski definition) is 2. The number of fused-ring (bicyclic) bond motifs is 1. The predicted octanol–water partition coefficient (Wildman–Crippen LogP) is 4.57. The third kappa shape index (κ3) is 2.97. The van der Waals surface area contributed by atoms with Crippen LogP contribution in [0.1, 0.15) is 11.1 Å². The Kier molecular flexibility index (Phi) is 3.48. The highest BCUT2D eigenvalue weighted by atomic mass is 19.1. The maximum Gasteiger partial charge on any atom is 0.123 e. The average molecular weight is 282 g/mol. The number of aromatic hydroxyl groups is 1. The molecule has 0 aromatic heterocycles. The highest BCUT2D eigenvalue weighted by molar-refractivity contribution is 5.85. The molecular weight excluding hydrogens is 267 g/mol. The van der Waals surface area contributed by atoms with E-state index in [0.29, 0.717) is 6.61 Å². The molecule has 3 heteroatoms. The maximum atomic E-state index is 13.1. The van der Waals surface area contributed by atoms with Gasteiger partial charge in [0.1, 0.15) is 23.9 Å². The number of phenolic OH excluding ortho intramolecular Hbond substituents is 1. The molecule has 0 aliphatic rings. The lowest BCUT2D eigenvalue weighted by atomic mass is 10.1. The number of ether oxygens (including phenoxy) is 1. The lowest BCUT2D eigenvalue weighted by molar-refractivity contribution is 0.305. The summed E-state index contributed by atoms with van der Waals surface area (Å²) in [5.41, 5.74) is 1.82. The molecule has 3 aromatic rings. The number of halogens is 1. The Balaban J connectivity index is 1.81. The van der Waals surface area contributed by atoms with Crippen molar-refractivity contribution in [3.63, 3.8) is 0 Å². The second-order valence-electron chi connectivity index (χ2n) is 5.05. The zero-order valence-corrected chi connectivity index (χ0v) is 11.6. The minimum atomic E-state index is -0.238. The molecule has 0 bridgehead atoms. The summed E-state index contributed by atoms with van der Waals surface area (Å²) in [7, 11) is 0. The Morgan fingerprint density at radius 2 is 1.76 bits per heavy atom. The minimum Gasteiger partial charge on any atom is -0.508 e. The number of phenols is 1. The lowest BCUT2D eigenvalue weighted by Crippen LogP contribution is -1.98. The standard InChI is InChI=1S/C18H15FO2/c1-12-8-16(19)5-2-14(12)11-21-18-7-4-13-3-6-17(20)9-15(13)10-18/h2-10,20H,11H2,1H3. The van der Waals surface area contributed by atoms with Crippen LogP contribution in [-0.2, 0) is 6.61 Å². The van der Waals surface area contributed by atoms with E-state index < -0.39 is 0 Å². The Hall–Kier alpha value is -2.55. The van der Waals surface area contributed by atoms with Crippen LogP contribution < -0.4 is 4.74 Å². The first-order chi connectivity index (χ1) is 10.1. The molecule has 106 valence electrons. The van der Waals surface area contributed by atoms with Crippen molar-refractivity contribution < 1.29 is 14.2 Å². The van der Waals surface area contributed by atoms with Gasteiger partial charge in [-0.1, -0.05) is 18.2 Å². The van der Waals surface area contributed by atoms with E-state index in [4.69, 9.17) is 4.74 Å². The van der Waals surface area contributed by atoms with E-state index in [2.05, 4.69) is 0 Å². The van der Waals surface area contributed by atoms with Gasteiger partial charge in [0.25, 0.3) is 0 Å². The fraction of sp³-hybridized carbons (Fsp3) is 0.111. The van der Waals surface area contributed by atoms with Crippen molar-refractivity contribution in [3.05, 3.63) is 71.5 Å². The SMILES string of the molecule is Cc1cc(F)ccc1COc1ccc2ccc(O)cc2c1. The zero-order valence-electron chi connectivity index (χ0n) is 11.6. The van der Waals surface area contributed by atoms with Gasteiger partial charge >= 0.3 is 0 Å². The van der Waals surface area contributed by atoms with Gasteiger partial charge in [-0.15, -0.1) is 0 Å². The molecule has 0 aliphatic heterocycles. The Labute approximate surface area is 122 Å². The van der Waals surface area contributed by atoms with Crippen molar-refractivity contribution in [2.45, 2.75) is 13.5 Å². The smallest absolute Gasteiger partial charge is 0.123 e. The summed E-state index contributed by atoms with van der Waals surface area (Å²) in [5.74, 6) is 0.711. The van der Waals surface area contributed by atoms with Crippen LogP contribution in [-0.4, -0.2) is 5.11 Å². The van der Waals surface area contributed by atoms with E-state index in [0.717, 1.165) is 27.6 Å². The van der Waals surface area contributed by atoms with Crippen LogP contribution in [0, 0.1) is 12.7 Å². The van der Waals surface area contributed by atoms with Crippen LogP contribution in [0.15, 0.2) is 54.6 Å². The van der Waals surface area contributed by atoms with Crippen molar-refractivity contribution in [1.29, 1.82) is 0 Å². The first kappa shape index (κ1) is 13.4. The first-order valence-electron chi connectivity index (χ1n) is 6.72. The molecule has 3 rings (SSSR count). The molecule has 0 aliphatic carbocycles. The van der Waals surface area contributed by atoms with Gasteiger partial charge in [0.2, 0.25) is 0 Å². The summed E-state index contributed by atoms with van der Waals surface area (Å²) in [5, 5.41) is 11.5. The van der Waals surface area contributed by atoms with Gasteiger partial charge in [0.15, 0.2) is 0 Å². The molecule has 0 fully saturated rings. The van der Waals surface area contributed by atoms with Crippen LogP contribution in [0.25, 0.3) is 10.8 Å². The molecule has 3 aromatic carbocycles. The van der Waals surface area contributed by atoms with Gasteiger partial charge in [-0.25, -0.2) is 4.39 Å². The molecule has 0 heterocycles. The van der Waals surface area contributed by atoms with Gasteiger partial charge in [-0.3, -0.25) is 0 Å². The van der Waals surface area contributed by atoms with E-state index >= 15 is 0 Å². The van der Waals surface area contributed by atoms with Crippen molar-refractivity contribution in [2.75, 3.05) is 0 Å². The van der Waals surface area contributed by atoms with Gasteiger partial charge < -0.3 is 9.84 Å². The molecule has 0 radical (unpaired) electrons. The summed E-state index contributed by atoms with van der Waals surface area (Å²) >= 11 is 0. The van der Waals surface area contributed by atoms with Crippen molar-refractivity contribution in [2.24, 2.45) is 0 Å². The molecule has 0 saturated carbocycles. The predicted molar refractivity (Wildman–Crippen MR) is 81.1 cm³/mol. The molecule has 1 N–H and O–H groups in total. The molecule has 21 heavy (non-hydrogen) atoms.